The summed E-state index contributed by atoms with van der Waals surface area (Å²) in [6.07, 6.45) is 32.9. The number of ether oxygens (including phenoxy) is 1. The molecule has 1 aliphatic carbocycles. The lowest BCUT2D eigenvalue weighted by molar-refractivity contribution is -0.124. The third kappa shape index (κ3) is 147. The smallest absolute Gasteiger partial charge is 0.0544 e. The lowest BCUT2D eigenvalue weighted by atomic mass is 9.76. The summed E-state index contributed by atoms with van der Waals surface area (Å²) in [5.74, 6) is 7.26. The van der Waals surface area contributed by atoms with Gasteiger partial charge in [0.25, 0.3) is 0 Å². The SMILES string of the molecule is CC(C)CC(CO)CO.CCC.CCC.CCC.CCC.CCC.CCC.CCC.CCC.CCC(C)(C)CC(C)C.CCC(C)(CO)CC(C)C.CCC(C)CC(C)C.CCC(O)CC(C)C.CCC1(CC(C)C)CC1.CCC1(CC(C)C)COC1.CCCCC(C)C. The Morgan fingerprint density at radius 1 is 0.372 bits per heavy atom. The number of aliphatic hydroxyl groups is 4. The largest absolute Gasteiger partial charge is 0.396 e. The quantitative estimate of drug-likeness (QED) is 0.0693. The summed E-state index contributed by atoms with van der Waals surface area (Å²) < 4.78 is 5.23. The number of aliphatic hydroxyl groups excluding tert-OH is 4. The Kier molecular flexibility index (Phi) is 134. The van der Waals surface area contributed by atoms with E-state index in [1.54, 1.807) is 0 Å². The second-order valence-electron chi connectivity index (χ2n) is 32.8. The van der Waals surface area contributed by atoms with Gasteiger partial charge < -0.3 is 25.2 Å². The third-order valence-electron chi connectivity index (χ3n) is 14.3. The predicted molar refractivity (Wildman–Crippen MR) is 447 cm³/mol. The van der Waals surface area contributed by atoms with Crippen LogP contribution in [0.2, 0.25) is 0 Å². The highest BCUT2D eigenvalue weighted by Gasteiger charge is 2.40. The molecule has 0 radical (unpaired) electrons. The van der Waals surface area contributed by atoms with Gasteiger partial charge in [0.2, 0.25) is 0 Å². The molecular weight excluding hydrogens is 1150 g/mol. The number of hydrogen-bond donors (Lipinski definition) is 4. The first-order valence-electron chi connectivity index (χ1n) is 41.6. The van der Waals surface area contributed by atoms with Crippen LogP contribution in [0.1, 0.15) is 465 Å². The van der Waals surface area contributed by atoms with E-state index in [-0.39, 0.29) is 30.7 Å². The fraction of sp³-hybridized carbons (Fsp3) is 1.00. The van der Waals surface area contributed by atoms with Gasteiger partial charge in [-0.2, -0.15) is 0 Å². The maximum absolute atomic E-state index is 9.03. The molecule has 0 bridgehead atoms. The highest BCUT2D eigenvalue weighted by atomic mass is 16.5. The lowest BCUT2D eigenvalue weighted by Gasteiger charge is -2.42. The lowest BCUT2D eigenvalue weighted by Crippen LogP contribution is -2.42. The monoisotopic (exact) mass is 1360 g/mol. The summed E-state index contributed by atoms with van der Waals surface area (Å²) in [4.78, 5) is 0. The Bertz CT molecular complexity index is 1060. The molecule has 2 aliphatic rings. The van der Waals surface area contributed by atoms with E-state index in [0.29, 0.717) is 35.2 Å². The Labute approximate surface area is 606 Å². The van der Waals surface area contributed by atoms with Crippen LogP contribution >= 0.6 is 0 Å². The summed E-state index contributed by atoms with van der Waals surface area (Å²) in [6, 6.07) is 0. The van der Waals surface area contributed by atoms with Crippen molar-refractivity contribution in [3.8, 4) is 0 Å². The zero-order valence-electron chi connectivity index (χ0n) is 75.5. The molecule has 0 aromatic carbocycles. The molecular formula is C89H206O5. The molecule has 3 atom stereocenters. The molecule has 5 heteroatoms. The van der Waals surface area contributed by atoms with Gasteiger partial charge in [0, 0.05) is 31.2 Å². The molecule has 0 aromatic rings. The fourth-order valence-corrected chi connectivity index (χ4v) is 9.19. The Morgan fingerprint density at radius 2 is 0.691 bits per heavy atom. The maximum Gasteiger partial charge on any atom is 0.0544 e. The number of rotatable bonds is 26. The predicted octanol–water partition coefficient (Wildman–Crippen LogP) is 31.3. The van der Waals surface area contributed by atoms with Gasteiger partial charge in [-0.3, -0.25) is 0 Å². The topological polar surface area (TPSA) is 90.2 Å². The van der Waals surface area contributed by atoms with Crippen LogP contribution in [0.3, 0.4) is 0 Å². The Morgan fingerprint density at radius 3 is 0.777 bits per heavy atom. The van der Waals surface area contributed by atoms with E-state index in [2.05, 4.69) is 291 Å². The van der Waals surface area contributed by atoms with Gasteiger partial charge in [-0.25, -0.2) is 0 Å². The normalized spacial score (nSPS) is 13.5. The van der Waals surface area contributed by atoms with Crippen molar-refractivity contribution in [2.45, 2.75) is 471 Å². The van der Waals surface area contributed by atoms with Crippen LogP contribution in [0.25, 0.3) is 0 Å². The molecule has 4 N–H and O–H groups in total. The van der Waals surface area contributed by atoms with Crippen LogP contribution in [-0.2, 0) is 4.74 Å². The molecule has 2 fully saturated rings. The van der Waals surface area contributed by atoms with Gasteiger partial charge in [-0.1, -0.05) is 388 Å². The number of hydrogen-bond acceptors (Lipinski definition) is 5. The molecule has 0 spiro atoms. The summed E-state index contributed by atoms with van der Waals surface area (Å²) in [6.45, 7) is 96.9. The van der Waals surface area contributed by atoms with E-state index in [1.807, 2.05) is 6.92 Å². The first kappa shape index (κ1) is 127. The van der Waals surface area contributed by atoms with Crippen molar-refractivity contribution in [1.29, 1.82) is 0 Å². The summed E-state index contributed by atoms with van der Waals surface area (Å²) in [5.41, 5.74) is 2.10. The van der Waals surface area contributed by atoms with Crippen molar-refractivity contribution in [1.82, 2.24) is 0 Å². The van der Waals surface area contributed by atoms with Crippen molar-refractivity contribution in [2.24, 2.45) is 80.8 Å². The van der Waals surface area contributed by atoms with Crippen LogP contribution in [-0.4, -0.2) is 59.6 Å². The van der Waals surface area contributed by atoms with E-state index in [9.17, 15) is 0 Å². The van der Waals surface area contributed by atoms with E-state index >= 15 is 0 Å². The van der Waals surface area contributed by atoms with Crippen molar-refractivity contribution < 1.29 is 25.2 Å². The molecule has 1 aliphatic heterocycles. The van der Waals surface area contributed by atoms with Crippen LogP contribution in [0.15, 0.2) is 0 Å². The fourth-order valence-electron chi connectivity index (χ4n) is 9.19. The molecule has 3 unspecified atom stereocenters. The van der Waals surface area contributed by atoms with E-state index in [0.717, 1.165) is 86.2 Å². The molecule has 0 amide bonds. The average Bonchev–Trinajstić information content (AvgIpc) is 1.54. The summed E-state index contributed by atoms with van der Waals surface area (Å²) >= 11 is 0. The summed E-state index contributed by atoms with van der Waals surface area (Å²) in [7, 11) is 0. The highest BCUT2D eigenvalue weighted by Crippen LogP contribution is 2.53. The molecule has 0 aromatic heterocycles. The zero-order valence-corrected chi connectivity index (χ0v) is 75.5. The van der Waals surface area contributed by atoms with Gasteiger partial charge in [0.05, 0.1) is 19.3 Å². The van der Waals surface area contributed by atoms with E-state index < -0.39 is 0 Å². The second kappa shape index (κ2) is 99.2. The van der Waals surface area contributed by atoms with Gasteiger partial charge in [-0.15, -0.1) is 0 Å². The minimum absolute atomic E-state index is 0.0741. The van der Waals surface area contributed by atoms with E-state index in [1.165, 1.54) is 135 Å². The third-order valence-corrected chi connectivity index (χ3v) is 14.3. The van der Waals surface area contributed by atoms with Gasteiger partial charge in [-0.05, 0) is 147 Å². The molecule has 1 saturated heterocycles. The Hall–Kier alpha value is -0.200. The zero-order chi connectivity index (χ0) is 78.0. The molecule has 1 heterocycles. The van der Waals surface area contributed by atoms with Crippen molar-refractivity contribution in [3.05, 3.63) is 0 Å². The van der Waals surface area contributed by atoms with Crippen LogP contribution in [0.5, 0.6) is 0 Å². The maximum atomic E-state index is 9.03. The van der Waals surface area contributed by atoms with E-state index in [4.69, 9.17) is 25.2 Å². The number of unbranched alkanes of at least 4 members (excludes halogenated alkanes) is 1. The average molecular weight is 1360 g/mol. The minimum atomic E-state index is -0.0741. The second-order valence-corrected chi connectivity index (χ2v) is 32.8. The Balaban J connectivity index is -0.0000000619. The first-order valence-corrected chi connectivity index (χ1v) is 41.6. The minimum Gasteiger partial charge on any atom is -0.396 e. The van der Waals surface area contributed by atoms with Gasteiger partial charge in [0.15, 0.2) is 0 Å². The van der Waals surface area contributed by atoms with Crippen molar-refractivity contribution >= 4 is 0 Å². The van der Waals surface area contributed by atoms with Crippen LogP contribution < -0.4 is 0 Å². The van der Waals surface area contributed by atoms with Crippen LogP contribution in [0, 0.1) is 80.8 Å². The molecule has 94 heavy (non-hydrogen) atoms. The highest BCUT2D eigenvalue weighted by molar-refractivity contribution is 4.92. The standard InChI is InChI=1S/C9H18O.C9H20O.C9H18.C9H20.C8H18.C7H16O2.C7H16O.C7H16.8C3H8/c1-4-9(5-8(2)3)6-10-7-9;1-5-9(4,7-10)6-8(2)3;1-4-9(5-6-9)7-8(2)3;1-6-9(4,5)7-8(2)3;1-5-8(4)6-7(2)3;1-6(2)3-7(4-8)5-9;1-4-7(8)5-6(2)3;1-4-5-6-7(2)3;8*1-3-2/h8H,4-7H2,1-3H3;8,10H,5-7H2,1-4H3;8H,4-7H2,1-3H3;8H,6-7H2,1-5H3;7-8H,5-6H2,1-4H3;6-9H,3-5H2,1-2H3;6-8H,4-5H2,1-3H3;7H,4-6H2,1-3H3;8*3H2,1-2H3. The summed E-state index contributed by atoms with van der Waals surface area (Å²) in [5, 5.41) is 35.3. The molecule has 1 saturated carbocycles. The first-order chi connectivity index (χ1) is 43.5. The van der Waals surface area contributed by atoms with Gasteiger partial charge >= 0.3 is 0 Å². The molecule has 5 nitrogen and oxygen atoms in total. The van der Waals surface area contributed by atoms with Crippen molar-refractivity contribution in [2.75, 3.05) is 33.0 Å². The van der Waals surface area contributed by atoms with Crippen LogP contribution in [0.4, 0.5) is 0 Å². The molecule has 2 rings (SSSR count). The van der Waals surface area contributed by atoms with Crippen molar-refractivity contribution in [3.63, 3.8) is 0 Å². The molecule has 592 valence electrons. The van der Waals surface area contributed by atoms with Gasteiger partial charge in [0.1, 0.15) is 0 Å².